The van der Waals surface area contributed by atoms with Crippen LogP contribution in [0.2, 0.25) is 0 Å². The number of hydrogen-bond acceptors (Lipinski definition) is 7. The lowest BCUT2D eigenvalue weighted by Gasteiger charge is -2.43. The molecule has 10 nitrogen and oxygen atoms in total. The van der Waals surface area contributed by atoms with Crippen molar-refractivity contribution in [1.29, 1.82) is 0 Å². The number of nitrogens with one attached hydrogen (secondary N) is 2. The Hall–Kier alpha value is -4.62. The molecule has 250 valence electrons. The maximum atomic E-state index is 15.1. The van der Waals surface area contributed by atoms with Crippen molar-refractivity contribution in [3.05, 3.63) is 93.7 Å². The summed E-state index contributed by atoms with van der Waals surface area (Å²) >= 11 is 0. The van der Waals surface area contributed by atoms with Gasteiger partial charge in [0.25, 0.3) is 5.91 Å². The third-order valence-corrected chi connectivity index (χ3v) is 9.86. The molecule has 3 amide bonds. The van der Waals surface area contributed by atoms with Crippen LogP contribution in [0.25, 0.3) is 6.08 Å². The number of benzene rings is 1. The van der Waals surface area contributed by atoms with E-state index in [4.69, 9.17) is 9.47 Å². The smallest absolute Gasteiger partial charge is 0.253 e. The van der Waals surface area contributed by atoms with Gasteiger partial charge in [-0.2, -0.15) is 0 Å². The lowest BCUT2D eigenvalue weighted by Crippen LogP contribution is -2.58. The number of carbonyl (C=O) groups is 3. The average Bonchev–Trinajstić information content (AvgIpc) is 3.59. The number of pyridine rings is 2. The molecule has 2 N–H and O–H groups in total. The lowest BCUT2D eigenvalue weighted by molar-refractivity contribution is -0.139. The van der Waals surface area contributed by atoms with Crippen molar-refractivity contribution < 1.29 is 37.0 Å². The zero-order valence-corrected chi connectivity index (χ0v) is 26.2. The van der Waals surface area contributed by atoms with E-state index in [-0.39, 0.29) is 31.0 Å². The predicted molar refractivity (Wildman–Crippen MR) is 168 cm³/mol. The number of aromatic nitrogens is 2. The average molecular weight is 662 g/mol. The van der Waals surface area contributed by atoms with Crippen LogP contribution < -0.4 is 10.6 Å². The number of rotatable bonds is 1. The summed E-state index contributed by atoms with van der Waals surface area (Å²) in [4.78, 5) is 51.3. The van der Waals surface area contributed by atoms with Crippen LogP contribution >= 0.6 is 0 Å². The van der Waals surface area contributed by atoms with Crippen molar-refractivity contribution in [3.8, 4) is 0 Å². The monoisotopic (exact) mass is 661 g/mol. The molecule has 5 heterocycles. The minimum absolute atomic E-state index is 0.144. The highest BCUT2D eigenvalue weighted by Gasteiger charge is 2.52. The van der Waals surface area contributed by atoms with E-state index >= 15 is 8.78 Å². The van der Waals surface area contributed by atoms with Crippen LogP contribution in [0.5, 0.6) is 0 Å². The fraction of sp³-hybridized carbons (Fsp3) is 0.400. The van der Waals surface area contributed by atoms with Crippen molar-refractivity contribution in [2.24, 2.45) is 0 Å². The van der Waals surface area contributed by atoms with Gasteiger partial charge in [-0.05, 0) is 61.6 Å². The first-order valence-corrected chi connectivity index (χ1v) is 16.0. The van der Waals surface area contributed by atoms with E-state index in [1.165, 1.54) is 11.1 Å². The topological polar surface area (TPSA) is 123 Å². The third kappa shape index (κ3) is 5.64. The third-order valence-electron chi connectivity index (χ3n) is 9.86. The summed E-state index contributed by atoms with van der Waals surface area (Å²) in [6.07, 6.45) is 7.68. The number of hydrogen-bond donors (Lipinski definition) is 2. The summed E-state index contributed by atoms with van der Waals surface area (Å²) in [7, 11) is 0. The molecule has 1 spiro atoms. The van der Waals surface area contributed by atoms with Gasteiger partial charge in [-0.3, -0.25) is 19.4 Å². The van der Waals surface area contributed by atoms with E-state index in [0.717, 1.165) is 23.3 Å². The van der Waals surface area contributed by atoms with Gasteiger partial charge in [0.05, 0.1) is 30.8 Å². The van der Waals surface area contributed by atoms with Gasteiger partial charge in [-0.25, -0.2) is 18.2 Å². The van der Waals surface area contributed by atoms with E-state index in [1.807, 2.05) is 18.2 Å². The molecular formula is C35H34F3N5O5. The number of fused-ring (bicyclic) bond motifs is 4. The quantitative estimate of drug-likeness (QED) is 0.380. The largest absolute Gasteiger partial charge is 0.379 e. The number of anilines is 1. The SMILES string of the molecule is CC1C(c2c(F)ccc(F)c2F)CC2NC(=O)c3cnc4c(c3)C[C@@]3(C4)C(=O)Nc4ncc(cc43)/C=C/COCCOCCCN1C2=O. The Labute approximate surface area is 274 Å². The molecule has 7 bridgehead atoms. The highest BCUT2D eigenvalue weighted by atomic mass is 19.2. The first-order chi connectivity index (χ1) is 23.2. The second-order valence-electron chi connectivity index (χ2n) is 12.7. The van der Waals surface area contributed by atoms with Crippen molar-refractivity contribution in [2.45, 2.75) is 56.0 Å². The fourth-order valence-electron chi connectivity index (χ4n) is 7.37. The molecule has 2 aromatic heterocycles. The van der Waals surface area contributed by atoms with Crippen molar-refractivity contribution in [2.75, 3.05) is 38.3 Å². The Balaban J connectivity index is 1.21. The Morgan fingerprint density at radius 3 is 2.65 bits per heavy atom. The molecule has 3 unspecified atom stereocenters. The highest BCUT2D eigenvalue weighted by molar-refractivity contribution is 6.06. The lowest BCUT2D eigenvalue weighted by atomic mass is 9.79. The van der Waals surface area contributed by atoms with Crippen LogP contribution in [-0.4, -0.2) is 77.6 Å². The van der Waals surface area contributed by atoms with Crippen LogP contribution in [-0.2, 0) is 37.3 Å². The number of nitrogens with zero attached hydrogens (tertiary/aromatic N) is 3. The molecule has 4 atom stereocenters. The number of ether oxygens (including phenoxy) is 2. The summed E-state index contributed by atoms with van der Waals surface area (Å²) in [5.41, 5.74) is 1.71. The maximum Gasteiger partial charge on any atom is 0.253 e. The van der Waals surface area contributed by atoms with Gasteiger partial charge in [-0.1, -0.05) is 12.2 Å². The Bertz CT molecular complexity index is 1840. The van der Waals surface area contributed by atoms with Crippen molar-refractivity contribution in [1.82, 2.24) is 20.2 Å². The van der Waals surface area contributed by atoms with Gasteiger partial charge in [0.1, 0.15) is 17.7 Å². The molecule has 7 rings (SSSR count). The molecule has 1 aromatic carbocycles. The first kappa shape index (κ1) is 32.0. The first-order valence-electron chi connectivity index (χ1n) is 16.0. The normalized spacial score (nSPS) is 26.7. The van der Waals surface area contributed by atoms with Crippen LogP contribution in [0.1, 0.15) is 64.0 Å². The Morgan fingerprint density at radius 1 is 0.979 bits per heavy atom. The van der Waals surface area contributed by atoms with Gasteiger partial charge in [0, 0.05) is 60.7 Å². The molecular weight excluding hydrogens is 627 g/mol. The minimum Gasteiger partial charge on any atom is -0.379 e. The zero-order valence-electron chi connectivity index (χ0n) is 26.2. The number of amides is 3. The summed E-state index contributed by atoms with van der Waals surface area (Å²) in [6, 6.07) is 3.33. The van der Waals surface area contributed by atoms with Gasteiger partial charge in [-0.15, -0.1) is 0 Å². The Morgan fingerprint density at radius 2 is 1.79 bits per heavy atom. The van der Waals surface area contributed by atoms with E-state index in [1.54, 1.807) is 19.2 Å². The van der Waals surface area contributed by atoms with Crippen LogP contribution in [0.15, 0.2) is 42.7 Å². The zero-order chi connectivity index (χ0) is 33.6. The Kier molecular flexibility index (Phi) is 8.50. The number of halogens is 3. The molecule has 13 heteroatoms. The fourth-order valence-corrected chi connectivity index (χ4v) is 7.37. The molecule has 48 heavy (non-hydrogen) atoms. The summed E-state index contributed by atoms with van der Waals surface area (Å²) in [5, 5.41) is 5.64. The second kappa shape index (κ2) is 12.8. The van der Waals surface area contributed by atoms with E-state index in [2.05, 4.69) is 20.6 Å². The molecule has 1 aliphatic carbocycles. The van der Waals surface area contributed by atoms with Gasteiger partial charge < -0.3 is 25.0 Å². The molecule has 0 radical (unpaired) electrons. The van der Waals surface area contributed by atoms with Gasteiger partial charge >= 0.3 is 0 Å². The molecule has 3 aromatic rings. The van der Waals surface area contributed by atoms with E-state index in [9.17, 15) is 18.8 Å². The van der Waals surface area contributed by atoms with E-state index in [0.29, 0.717) is 56.2 Å². The van der Waals surface area contributed by atoms with E-state index < -0.39 is 58.2 Å². The number of piperidine rings is 1. The predicted octanol–water partition coefficient (Wildman–Crippen LogP) is 3.84. The molecule has 1 fully saturated rings. The van der Waals surface area contributed by atoms with Crippen LogP contribution in [0, 0.1) is 17.5 Å². The standard InChI is InChI=1S/C35H34F3N5O5/c1-19-23(29-25(36)5-6-26(37)30(29)38)14-27-33(45)43(19)7-3-9-48-11-10-47-8-2-4-20-12-24-31(40-17-20)42-34(46)35(24)15-21-13-22(32(44)41-27)18-39-28(21)16-35/h2,4-6,12-13,17-19,23,27H,3,7-11,14-16H2,1H3,(H,41,44)(H,40,42,46)/b4-2+/t19?,23?,27?,35-/m0/s1. The molecule has 4 aliphatic rings. The van der Waals surface area contributed by atoms with Crippen LogP contribution in [0.3, 0.4) is 0 Å². The van der Waals surface area contributed by atoms with Gasteiger partial charge in [0.2, 0.25) is 11.8 Å². The van der Waals surface area contributed by atoms with Crippen molar-refractivity contribution >= 4 is 29.6 Å². The summed E-state index contributed by atoms with van der Waals surface area (Å²) < 4.78 is 55.8. The van der Waals surface area contributed by atoms with Gasteiger partial charge in [0.15, 0.2) is 11.6 Å². The minimum atomic E-state index is -1.31. The summed E-state index contributed by atoms with van der Waals surface area (Å²) in [6.45, 7) is 3.10. The molecule has 1 saturated heterocycles. The molecule has 0 saturated carbocycles. The second-order valence-corrected chi connectivity index (χ2v) is 12.7. The summed E-state index contributed by atoms with van der Waals surface area (Å²) in [5.74, 6) is -5.13. The highest BCUT2D eigenvalue weighted by Crippen LogP contribution is 2.46. The van der Waals surface area contributed by atoms with Crippen LogP contribution in [0.4, 0.5) is 19.0 Å². The maximum absolute atomic E-state index is 15.1. The van der Waals surface area contributed by atoms with Crippen molar-refractivity contribution in [3.63, 3.8) is 0 Å². The number of carbonyl (C=O) groups excluding carboxylic acids is 3. The molecule has 3 aliphatic heterocycles.